The maximum atomic E-state index is 16.7. The van der Waals surface area contributed by atoms with Gasteiger partial charge in [0, 0.05) is 53.1 Å². The summed E-state index contributed by atoms with van der Waals surface area (Å²) < 4.78 is 82.7. The number of nitrogens with one attached hydrogen (secondary N) is 8. The van der Waals surface area contributed by atoms with Crippen molar-refractivity contribution in [1.29, 1.82) is 0 Å². The normalized spacial score (nSPS) is 29.6. The number of ether oxygens (including phenoxy) is 9. The number of amides is 8. The highest BCUT2D eigenvalue weighted by atomic mass is 35.5. The second kappa shape index (κ2) is 39.2. The second-order valence-corrected chi connectivity index (χ2v) is 38.4. The molecule has 0 saturated carbocycles. The first-order valence-corrected chi connectivity index (χ1v) is 44.2. The first-order valence-electron chi connectivity index (χ1n) is 40.1. The summed E-state index contributed by atoms with van der Waals surface area (Å²) in [5.41, 5.74) is 7.15. The summed E-state index contributed by atoms with van der Waals surface area (Å²) in [5.74, 6) is -21.4. The molecule has 0 spiro atoms. The van der Waals surface area contributed by atoms with Gasteiger partial charge in [-0.25, -0.2) is 4.79 Å². The molecule has 0 aromatic heterocycles. The van der Waals surface area contributed by atoms with Crippen molar-refractivity contribution in [1.82, 2.24) is 42.5 Å². The zero-order valence-electron chi connectivity index (χ0n) is 70.2. The SMILES string of the molecule is CN[C@H](CC(C)C)C(=O)N[C@H]1C(=O)N[C@@H](CC(N)=O)C(=O)N[C@H]2C(=O)N[C@H]3C(=O)N[C@H](C(=O)N[C@H](C(=O)O)c4cc(O)cc(O)c4-c4cc3ccc4O)[C@H](O[C@H]3C[C@](C)(N)[C@@H](O)[C@H](C)O3)c3ccc(c(Cl)c3)Oc3cc2cc(c3O[C@@H]2O[C@H](CO)[C@@H](O)[C@H](O)[C@H]2O[C@H]2C[C@](C)(N)[C@@H](O)[C@H](C)O2)Oc2ccc(cc2Cl)[C@H]1OC(=O)C(C)(C)CC(=O)NC(P(=O)(O)O)P(=O)(O)O. The van der Waals surface area contributed by atoms with Crippen LogP contribution in [0.3, 0.4) is 0 Å². The van der Waals surface area contributed by atoms with Crippen LogP contribution in [0.15, 0.2) is 78.9 Å². The van der Waals surface area contributed by atoms with Crippen LogP contribution in [0.5, 0.6) is 46.0 Å². The Balaban J connectivity index is 1.20. The molecule has 704 valence electrons. The standard InChI is InChI=1S/C80H101Cl2N11O34P2/c1-29(2)16-41(86-9)68(104)92-59-63(127-76(112)78(5,6)25-51(99)88-77(128(113,114)115)129(116,117)118)34-12-15-46(40(82)19-34)122-48-21-35-20-47(64(48)126-75-65(61(101)60(100)49(28-94)123-75)125-53-27-80(8,85)67(103)31(4)120-53)121-45-14-11-33(18-39(45)81)62(124-52-26-79(7,84)66(102)30(3)119-52)58-73(109)91-57(74(110)111)38-22-36(95)23-44(97)54(38)37-17-32(10-13-43(37)96)55(70(106)93-58)90-71(107)56(35)89-69(105)42(24-50(83)98)87-72(59)108/h10-15,17-23,29-31,41-42,49,52-53,55-63,65-67,75,77,86,94-97,100-103H,16,24-28,84-85H2,1-9H3,(H2,83,98)(H,87,108)(H,88,99)(H,89,105)(H,90,107)(H,91,109)(H,92,104)(H,93,106)(H,110,111)(H2,113,114,115)(H2,116,117,118)/t30-,31-,41+,42-,49+,52-,53-,55+,56+,57-,58-,59+,60+,61-,62+,63+,65+,66-,67-,75-,79-,80-/m0/s1. The molecular formula is C80H101Cl2N11O34P2. The summed E-state index contributed by atoms with van der Waals surface area (Å²) in [7, 11) is -10.4. The van der Waals surface area contributed by atoms with Gasteiger partial charge in [0.15, 0.2) is 42.3 Å². The number of carboxylic acid groups (broad SMARTS) is 1. The highest BCUT2D eigenvalue weighted by Gasteiger charge is 2.54. The second-order valence-electron chi connectivity index (χ2n) is 33.8. The third-order valence-electron chi connectivity index (χ3n) is 22.4. The number of carbonyl (C=O) groups is 10. The number of phenols is 3. The van der Waals surface area contributed by atoms with Gasteiger partial charge in [0.05, 0.1) is 58.9 Å². The molecule has 129 heavy (non-hydrogen) atoms. The first kappa shape index (κ1) is 99.5. The molecule has 45 nitrogen and oxygen atoms in total. The molecule has 27 N–H and O–H groups in total. The molecular weight excluding hydrogens is 1790 g/mol. The zero-order valence-corrected chi connectivity index (χ0v) is 73.5. The number of phenolic OH excluding ortho intramolecular Hbond substituents is 3. The Kier molecular flexibility index (Phi) is 30.2. The number of hydrogen-bond donors (Lipinski definition) is 24. The Morgan fingerprint density at radius 3 is 1.73 bits per heavy atom. The number of aliphatic hydroxyl groups excluding tert-OH is 5. The molecule has 5 aromatic rings. The molecule has 3 fully saturated rings. The number of fused-ring (bicyclic) bond motifs is 15. The number of rotatable bonds is 22. The molecule has 8 amide bonds. The number of aromatic hydroxyl groups is 3. The van der Waals surface area contributed by atoms with Gasteiger partial charge in [-0.2, -0.15) is 0 Å². The van der Waals surface area contributed by atoms with Crippen LogP contribution >= 0.6 is 38.4 Å². The van der Waals surface area contributed by atoms with Gasteiger partial charge < -0.3 is 168 Å². The summed E-state index contributed by atoms with van der Waals surface area (Å²) in [6.45, 7) is 10.1. The van der Waals surface area contributed by atoms with Gasteiger partial charge in [-0.15, -0.1) is 0 Å². The van der Waals surface area contributed by atoms with E-state index in [0.29, 0.717) is 0 Å². The van der Waals surface area contributed by atoms with Gasteiger partial charge in [-0.05, 0) is 138 Å². The number of likely N-dealkylation sites (N-methyl/N-ethyl adjacent to an activating group) is 1. The lowest BCUT2D eigenvalue weighted by atomic mass is 9.86. The predicted octanol–water partition coefficient (Wildman–Crippen LogP) is 0.0661. The van der Waals surface area contributed by atoms with Crippen molar-refractivity contribution >= 4 is 97.6 Å². The Labute approximate surface area is 744 Å². The number of esters is 1. The Hall–Kier alpha value is -10.0. The molecule has 3 saturated heterocycles. The van der Waals surface area contributed by atoms with Crippen LogP contribution in [0.1, 0.15) is 146 Å². The average molecular weight is 1890 g/mol. The fourth-order valence-corrected chi connectivity index (χ4v) is 18.3. The minimum Gasteiger partial charge on any atom is -0.508 e. The fourth-order valence-electron chi connectivity index (χ4n) is 15.7. The van der Waals surface area contributed by atoms with Crippen LogP contribution in [0.2, 0.25) is 10.0 Å². The van der Waals surface area contributed by atoms with Gasteiger partial charge in [0.25, 0.3) is 0 Å². The molecule has 22 atom stereocenters. The van der Waals surface area contributed by atoms with E-state index in [0.717, 1.165) is 86.6 Å². The number of nitrogens with two attached hydrogens (primary N) is 3. The molecule has 13 rings (SSSR count). The Morgan fingerprint density at radius 1 is 0.659 bits per heavy atom. The summed E-state index contributed by atoms with van der Waals surface area (Å²) in [6.07, 6.45) is -25.9. The van der Waals surface area contributed by atoms with Crippen LogP contribution in [-0.4, -0.2) is 247 Å². The molecule has 0 aliphatic carbocycles. The van der Waals surface area contributed by atoms with Gasteiger partial charge >= 0.3 is 27.1 Å². The quantitative estimate of drug-likeness (QED) is 0.0322. The summed E-state index contributed by atoms with van der Waals surface area (Å²) in [4.78, 5) is 191. The summed E-state index contributed by atoms with van der Waals surface area (Å²) >= 11 is 14.7. The van der Waals surface area contributed by atoms with Crippen molar-refractivity contribution in [2.24, 2.45) is 28.5 Å². The van der Waals surface area contributed by atoms with Gasteiger partial charge in [-0.3, -0.25) is 52.3 Å². The topological polar surface area (TPSA) is 725 Å². The third kappa shape index (κ3) is 22.4. The highest BCUT2D eigenvalue weighted by molar-refractivity contribution is 7.70. The monoisotopic (exact) mass is 1890 g/mol. The van der Waals surface area contributed by atoms with E-state index in [-0.39, 0.29) is 24.3 Å². The smallest absolute Gasteiger partial charge is 0.360 e. The van der Waals surface area contributed by atoms with Crippen molar-refractivity contribution in [3.63, 3.8) is 0 Å². The lowest BCUT2D eigenvalue weighted by molar-refractivity contribution is -0.333. The summed E-state index contributed by atoms with van der Waals surface area (Å²) in [6, 6.07) is -2.85. The van der Waals surface area contributed by atoms with Crippen LogP contribution in [0.25, 0.3) is 11.1 Å². The fraction of sp³-hybridized carbons (Fsp3) is 0.500. The molecule has 0 unspecified atom stereocenters. The van der Waals surface area contributed by atoms with E-state index in [9.17, 15) is 93.8 Å². The molecule has 8 aliphatic rings. The average Bonchev–Trinajstić information content (AvgIpc) is 0.751. The van der Waals surface area contributed by atoms with Gasteiger partial charge in [0.1, 0.15) is 83.4 Å². The van der Waals surface area contributed by atoms with Crippen LogP contribution in [0, 0.1) is 11.3 Å². The lowest BCUT2D eigenvalue weighted by Gasteiger charge is -2.47. The van der Waals surface area contributed by atoms with Crippen molar-refractivity contribution in [3.05, 3.63) is 117 Å². The number of primary amides is 1. The molecule has 0 radical (unpaired) electrons. The minimum atomic E-state index is -5.88. The molecule has 49 heteroatoms. The largest absolute Gasteiger partial charge is 0.508 e. The van der Waals surface area contributed by atoms with E-state index < -0.39 is 334 Å². The molecule has 8 aliphatic heterocycles. The van der Waals surface area contributed by atoms with Crippen LogP contribution < -0.4 is 73.9 Å². The number of halogens is 2. The number of carboxylic acids is 1. The van der Waals surface area contributed by atoms with Crippen LogP contribution in [-0.2, 0) is 85.5 Å². The first-order chi connectivity index (χ1) is 60.1. The van der Waals surface area contributed by atoms with E-state index in [4.69, 9.17) is 83.0 Å². The Morgan fingerprint density at radius 2 is 1.20 bits per heavy atom. The van der Waals surface area contributed by atoms with E-state index in [1.54, 1.807) is 19.2 Å². The van der Waals surface area contributed by atoms with Gasteiger partial charge in [-0.1, -0.05) is 55.2 Å². The van der Waals surface area contributed by atoms with Crippen LogP contribution in [0.4, 0.5) is 0 Å². The molecule has 8 heterocycles. The van der Waals surface area contributed by atoms with E-state index in [2.05, 4.69) is 37.2 Å². The number of benzene rings is 5. The predicted molar refractivity (Wildman–Crippen MR) is 444 cm³/mol. The van der Waals surface area contributed by atoms with Crippen molar-refractivity contribution in [2.45, 2.75) is 226 Å². The number of carbonyl (C=O) groups excluding carboxylic acids is 9. The summed E-state index contributed by atoms with van der Waals surface area (Å²) in [5, 5.41) is 121. The van der Waals surface area contributed by atoms with Gasteiger partial charge in [0.2, 0.25) is 64.8 Å². The van der Waals surface area contributed by atoms with E-state index in [1.807, 2.05) is 0 Å². The maximum Gasteiger partial charge on any atom is 0.360 e. The van der Waals surface area contributed by atoms with Crippen molar-refractivity contribution in [2.75, 3.05) is 13.7 Å². The van der Waals surface area contributed by atoms with E-state index in [1.165, 1.54) is 40.8 Å². The highest BCUT2D eigenvalue weighted by Crippen LogP contribution is 2.59. The number of aliphatic hydroxyl groups is 5. The minimum absolute atomic E-state index is 0.00540. The molecule has 11 bridgehead atoms. The number of aliphatic carboxylic acids is 1. The Bertz CT molecular complexity index is 5250. The zero-order chi connectivity index (χ0) is 95.2. The molecule has 5 aromatic carbocycles. The third-order valence-corrected chi connectivity index (χ3v) is 26.4. The van der Waals surface area contributed by atoms with Crippen molar-refractivity contribution < 1.29 is 165 Å². The lowest BCUT2D eigenvalue weighted by Crippen LogP contribution is -2.64. The maximum absolute atomic E-state index is 16.7. The van der Waals surface area contributed by atoms with E-state index >= 15 is 28.8 Å². The number of hydrogen-bond acceptors (Lipinski definition) is 32. The van der Waals surface area contributed by atoms with Crippen molar-refractivity contribution in [3.8, 4) is 57.1 Å².